The van der Waals surface area contributed by atoms with Gasteiger partial charge in [-0.25, -0.2) is 0 Å². The third-order valence-corrected chi connectivity index (χ3v) is 4.14. The number of rotatable bonds is 6. The normalized spacial score (nSPS) is 15.7. The fourth-order valence-electron chi connectivity index (χ4n) is 1.50. The molecule has 1 aromatic rings. The van der Waals surface area contributed by atoms with Crippen molar-refractivity contribution in [3.8, 4) is 0 Å². The monoisotopic (exact) mass is 361 g/mol. The average Bonchev–Trinajstić information content (AvgIpc) is 3.01. The number of nitrogens with one attached hydrogen (secondary N) is 4. The molecule has 0 saturated carbocycles. The fourth-order valence-corrected chi connectivity index (χ4v) is 3.02. The highest BCUT2D eigenvalue weighted by Crippen LogP contribution is 2.11. The third kappa shape index (κ3) is 5.10. The van der Waals surface area contributed by atoms with Crippen LogP contribution >= 0.6 is 11.8 Å². The van der Waals surface area contributed by atoms with E-state index >= 15 is 0 Å². The maximum absolute atomic E-state index is 11.2. The Morgan fingerprint density at radius 1 is 1.39 bits per heavy atom. The molecule has 126 valence electrons. The molecule has 0 atom stereocenters. The number of nitrogens with zero attached hydrogens (tertiary/aromatic N) is 4. The Bertz CT molecular complexity index is 739. The first-order chi connectivity index (χ1) is 10.9. The van der Waals surface area contributed by atoms with Gasteiger partial charge in [0.2, 0.25) is 0 Å². The minimum absolute atomic E-state index is 0.0617. The molecule has 0 fully saturated rings. The number of nitrogens with two attached hydrogens (primary N) is 1. The van der Waals surface area contributed by atoms with E-state index in [0.717, 1.165) is 0 Å². The van der Waals surface area contributed by atoms with E-state index in [1.807, 2.05) is 0 Å². The lowest BCUT2D eigenvalue weighted by molar-refractivity contribution is 0.428. The number of thioether (sulfide) groups is 1. The van der Waals surface area contributed by atoms with Crippen molar-refractivity contribution in [1.82, 2.24) is 20.8 Å². The van der Waals surface area contributed by atoms with Crippen LogP contribution in [0.2, 0.25) is 0 Å². The smallest absolute Gasteiger partial charge is 0.367 e. The van der Waals surface area contributed by atoms with Crippen LogP contribution < -0.4 is 21.7 Å². The molecule has 0 amide bonds. The molecule has 0 radical (unpaired) electrons. The van der Waals surface area contributed by atoms with E-state index in [9.17, 15) is 8.42 Å². The van der Waals surface area contributed by atoms with E-state index in [2.05, 4.69) is 34.9 Å². The summed E-state index contributed by atoms with van der Waals surface area (Å²) in [6.07, 6.45) is 0. The molecule has 0 saturated heterocycles. The van der Waals surface area contributed by atoms with E-state index in [1.54, 1.807) is 7.05 Å². The van der Waals surface area contributed by atoms with Gasteiger partial charge in [-0.1, -0.05) is 5.16 Å². The van der Waals surface area contributed by atoms with Gasteiger partial charge in [0.05, 0.1) is 5.75 Å². The summed E-state index contributed by atoms with van der Waals surface area (Å²) < 4.78 is 34.2. The summed E-state index contributed by atoms with van der Waals surface area (Å²) in [4.78, 5) is 3.99. The zero-order chi connectivity index (χ0) is 16.9. The van der Waals surface area contributed by atoms with Crippen LogP contribution in [0.15, 0.2) is 13.3 Å². The second-order valence-corrected chi connectivity index (χ2v) is 6.48. The molecule has 2 heterocycles. The van der Waals surface area contributed by atoms with Gasteiger partial charge in [-0.3, -0.25) is 10.7 Å². The van der Waals surface area contributed by atoms with Gasteiger partial charge in [-0.2, -0.15) is 25.2 Å². The molecule has 2 rings (SSSR count). The van der Waals surface area contributed by atoms with Gasteiger partial charge < -0.3 is 20.9 Å². The molecule has 0 aliphatic carbocycles. The van der Waals surface area contributed by atoms with Crippen molar-refractivity contribution in [2.75, 3.05) is 24.7 Å². The van der Waals surface area contributed by atoms with E-state index in [4.69, 9.17) is 15.7 Å². The first-order valence-electron chi connectivity index (χ1n) is 6.28. The molecule has 0 spiro atoms. The maximum atomic E-state index is 11.2. The molecule has 1 aromatic heterocycles. The van der Waals surface area contributed by atoms with Crippen molar-refractivity contribution >= 4 is 45.6 Å². The summed E-state index contributed by atoms with van der Waals surface area (Å²) in [6.45, 7) is 0.482. The molecule has 1 aliphatic heterocycles. The molecular weight excluding hydrogens is 346 g/mol. The minimum atomic E-state index is -3.77. The van der Waals surface area contributed by atoms with Crippen molar-refractivity contribution in [3.05, 3.63) is 5.82 Å². The molecule has 1 aliphatic rings. The maximum Gasteiger partial charge on any atom is 0.367 e. The average molecular weight is 361 g/mol. The molecule has 12 nitrogen and oxygen atoms in total. The standard InChI is InChI=1S/C9H15N9O3S2/c1-12-6-7(18-23(19,20)17-6)13-2-3-22-4-5-14-9(21-16-5)15-8(10)11/h2-4H2,1H3,(H,12,17)(H,13,18)(H4,10,11,14,15,16). The zero-order valence-electron chi connectivity index (χ0n) is 12.0. The zero-order valence-corrected chi connectivity index (χ0v) is 13.7. The van der Waals surface area contributed by atoms with Crippen LogP contribution in [0.5, 0.6) is 0 Å². The van der Waals surface area contributed by atoms with Gasteiger partial charge >= 0.3 is 16.2 Å². The lowest BCUT2D eigenvalue weighted by atomic mass is 10.5. The highest BCUT2D eigenvalue weighted by Gasteiger charge is 2.22. The Hall–Kier alpha value is -2.35. The number of hydrogen-bond donors (Lipinski definition) is 5. The van der Waals surface area contributed by atoms with Crippen LogP contribution in [0.4, 0.5) is 6.01 Å². The summed E-state index contributed by atoms with van der Waals surface area (Å²) in [5.41, 5.74) is 5.14. The topological polar surface area (TPSA) is 184 Å². The number of amidine groups is 2. The number of hydrogen-bond acceptors (Lipinski definition) is 9. The van der Waals surface area contributed by atoms with E-state index in [-0.39, 0.29) is 23.6 Å². The summed E-state index contributed by atoms with van der Waals surface area (Å²) in [6, 6.07) is 0.0617. The molecular formula is C9H15N9O3S2. The van der Waals surface area contributed by atoms with Crippen LogP contribution in [-0.2, 0) is 16.0 Å². The largest absolute Gasteiger partial charge is 0.370 e. The summed E-state index contributed by atoms with van der Waals surface area (Å²) in [5.74, 6) is 1.69. The number of guanidine groups is 1. The Kier molecular flexibility index (Phi) is 5.38. The highest BCUT2D eigenvalue weighted by molar-refractivity contribution is 7.98. The minimum Gasteiger partial charge on any atom is -0.370 e. The molecule has 0 unspecified atom stereocenters. The first-order valence-corrected chi connectivity index (χ1v) is 8.83. The Labute approximate surface area is 136 Å². The predicted octanol–water partition coefficient (Wildman–Crippen LogP) is -1.53. The van der Waals surface area contributed by atoms with Crippen LogP contribution in [-0.4, -0.2) is 55.5 Å². The van der Waals surface area contributed by atoms with Crippen molar-refractivity contribution in [1.29, 1.82) is 5.41 Å². The predicted molar refractivity (Wildman–Crippen MR) is 86.8 cm³/mol. The van der Waals surface area contributed by atoms with Crippen molar-refractivity contribution in [2.24, 2.45) is 14.5 Å². The Balaban J connectivity index is 1.71. The molecule has 6 N–H and O–H groups in total. The van der Waals surface area contributed by atoms with Crippen LogP contribution in [0.25, 0.3) is 0 Å². The molecule has 23 heavy (non-hydrogen) atoms. The SMILES string of the molecule is CNC1=NS(=O)(=O)N=C1NCCSCc1noc(NC(=N)N)n1. The van der Waals surface area contributed by atoms with E-state index in [1.165, 1.54) is 11.8 Å². The lowest BCUT2D eigenvalue weighted by Crippen LogP contribution is -2.37. The second-order valence-electron chi connectivity index (χ2n) is 4.11. The van der Waals surface area contributed by atoms with Crippen molar-refractivity contribution in [2.45, 2.75) is 5.75 Å². The van der Waals surface area contributed by atoms with Gasteiger partial charge in [-0.15, -0.1) is 8.80 Å². The third-order valence-electron chi connectivity index (χ3n) is 2.35. The quantitative estimate of drug-likeness (QED) is 0.226. The first kappa shape index (κ1) is 17.0. The Morgan fingerprint density at radius 2 is 2.13 bits per heavy atom. The molecule has 14 heteroatoms. The van der Waals surface area contributed by atoms with Crippen LogP contribution in [0, 0.1) is 5.41 Å². The van der Waals surface area contributed by atoms with Gasteiger partial charge in [0.15, 0.2) is 23.5 Å². The van der Waals surface area contributed by atoms with Gasteiger partial charge in [0.1, 0.15) is 0 Å². The van der Waals surface area contributed by atoms with E-state index in [0.29, 0.717) is 23.9 Å². The highest BCUT2D eigenvalue weighted by atomic mass is 32.2. The number of anilines is 1. The molecule has 0 bridgehead atoms. The molecule has 0 aromatic carbocycles. The van der Waals surface area contributed by atoms with Gasteiger partial charge in [0, 0.05) is 19.3 Å². The number of aromatic nitrogens is 2. The van der Waals surface area contributed by atoms with Crippen molar-refractivity contribution in [3.63, 3.8) is 0 Å². The lowest BCUT2D eigenvalue weighted by Gasteiger charge is -2.05. The summed E-state index contributed by atoms with van der Waals surface area (Å²) in [7, 11) is -2.21. The second kappa shape index (κ2) is 7.28. The van der Waals surface area contributed by atoms with Crippen LogP contribution in [0.3, 0.4) is 0 Å². The van der Waals surface area contributed by atoms with Crippen LogP contribution in [0.1, 0.15) is 5.82 Å². The van der Waals surface area contributed by atoms with E-state index < -0.39 is 10.2 Å². The summed E-state index contributed by atoms with van der Waals surface area (Å²) >= 11 is 1.51. The summed E-state index contributed by atoms with van der Waals surface area (Å²) in [5, 5.41) is 18.7. The van der Waals surface area contributed by atoms with Crippen molar-refractivity contribution < 1.29 is 12.9 Å². The fraction of sp³-hybridized carbons (Fsp3) is 0.444. The Morgan fingerprint density at radius 3 is 2.83 bits per heavy atom. The van der Waals surface area contributed by atoms with Gasteiger partial charge in [-0.05, 0) is 0 Å². The van der Waals surface area contributed by atoms with Gasteiger partial charge in [0.25, 0.3) is 0 Å². The number of likely N-dealkylation sites (N-methyl/N-ethyl adjacent to an activating group) is 1.